The van der Waals surface area contributed by atoms with E-state index >= 15 is 0 Å². The van der Waals surface area contributed by atoms with Crippen LogP contribution in [-0.2, 0) is 17.1 Å². The lowest BCUT2D eigenvalue weighted by molar-refractivity contribution is -0.120. The first-order chi connectivity index (χ1) is 13.0. The molecule has 0 aliphatic carbocycles. The quantitative estimate of drug-likeness (QED) is 0.669. The van der Waals surface area contributed by atoms with E-state index in [1.807, 2.05) is 37.3 Å². The minimum atomic E-state index is -0.214. The molecule has 7 heteroatoms. The maximum atomic E-state index is 12.4. The molecule has 5 nitrogen and oxygen atoms in total. The monoisotopic (exact) mass is 409 g/mol. The van der Waals surface area contributed by atoms with Crippen molar-refractivity contribution in [3.8, 4) is 17.2 Å². The van der Waals surface area contributed by atoms with E-state index in [1.54, 1.807) is 27.4 Å². The van der Waals surface area contributed by atoms with Gasteiger partial charge in [-0.05, 0) is 42.8 Å². The molecule has 1 amide bonds. The molecular formula is C20H24ClNO4S. The van der Waals surface area contributed by atoms with E-state index in [1.165, 1.54) is 11.8 Å². The number of rotatable bonds is 9. The Morgan fingerprint density at radius 3 is 2.37 bits per heavy atom. The maximum Gasteiger partial charge on any atom is 0.233 e. The summed E-state index contributed by atoms with van der Waals surface area (Å²) in [4.78, 5) is 12.4. The molecule has 0 heterocycles. The van der Waals surface area contributed by atoms with Gasteiger partial charge in [0.2, 0.25) is 5.91 Å². The molecule has 1 unspecified atom stereocenters. The molecule has 0 spiro atoms. The molecule has 146 valence electrons. The van der Waals surface area contributed by atoms with Crippen LogP contribution in [0, 0.1) is 0 Å². The van der Waals surface area contributed by atoms with Crippen LogP contribution in [0.3, 0.4) is 0 Å². The first-order valence-corrected chi connectivity index (χ1v) is 9.83. The minimum Gasteiger partial charge on any atom is -0.496 e. The molecule has 2 aromatic carbocycles. The molecule has 27 heavy (non-hydrogen) atoms. The van der Waals surface area contributed by atoms with E-state index < -0.39 is 0 Å². The predicted molar refractivity (Wildman–Crippen MR) is 110 cm³/mol. The van der Waals surface area contributed by atoms with Gasteiger partial charge in [0.05, 0.1) is 26.6 Å². The Labute approximate surface area is 169 Å². The number of amides is 1. The number of hydrogen-bond donors (Lipinski definition) is 1. The zero-order chi connectivity index (χ0) is 19.8. The van der Waals surface area contributed by atoms with Gasteiger partial charge in [-0.1, -0.05) is 17.7 Å². The molecule has 0 aliphatic rings. The fourth-order valence-electron chi connectivity index (χ4n) is 2.47. The number of ether oxygens (including phenoxy) is 3. The number of thioether (sulfide) groups is 1. The second-order valence-electron chi connectivity index (χ2n) is 5.82. The summed E-state index contributed by atoms with van der Waals surface area (Å²) in [5.41, 5.74) is 1.91. The first kappa shape index (κ1) is 21.3. The standard InChI is InChI=1S/C20H24ClNO4S/c1-13(27-12-15-10-16(21)6-8-17(15)24-2)20(23)22-11-14-5-7-18(25-3)19(9-14)26-4/h5-10,13H,11-12H2,1-4H3,(H,22,23). The van der Waals surface area contributed by atoms with Gasteiger partial charge in [0, 0.05) is 22.9 Å². The molecule has 0 bridgehead atoms. The summed E-state index contributed by atoms with van der Waals surface area (Å²) in [7, 11) is 4.80. The number of carbonyl (C=O) groups is 1. The Bertz CT molecular complexity index is 785. The average molecular weight is 410 g/mol. The summed E-state index contributed by atoms with van der Waals surface area (Å²) in [6.45, 7) is 2.30. The van der Waals surface area contributed by atoms with Crippen LogP contribution in [0.5, 0.6) is 17.2 Å². The van der Waals surface area contributed by atoms with Crippen molar-refractivity contribution in [2.45, 2.75) is 24.5 Å². The van der Waals surface area contributed by atoms with E-state index in [9.17, 15) is 4.79 Å². The van der Waals surface area contributed by atoms with Crippen LogP contribution < -0.4 is 19.5 Å². The van der Waals surface area contributed by atoms with Gasteiger partial charge < -0.3 is 19.5 Å². The Morgan fingerprint density at radius 1 is 1.04 bits per heavy atom. The zero-order valence-electron chi connectivity index (χ0n) is 15.9. The highest BCUT2D eigenvalue weighted by molar-refractivity contribution is 7.99. The molecule has 0 saturated carbocycles. The predicted octanol–water partition coefficient (Wildman–Crippen LogP) is 4.30. The van der Waals surface area contributed by atoms with Gasteiger partial charge in [-0.2, -0.15) is 0 Å². The molecule has 0 fully saturated rings. The van der Waals surface area contributed by atoms with Crippen molar-refractivity contribution in [1.82, 2.24) is 5.32 Å². The van der Waals surface area contributed by atoms with E-state index in [4.69, 9.17) is 25.8 Å². The highest BCUT2D eigenvalue weighted by Gasteiger charge is 2.15. The summed E-state index contributed by atoms with van der Waals surface area (Å²) in [5.74, 6) is 2.67. The van der Waals surface area contributed by atoms with Crippen molar-refractivity contribution in [3.63, 3.8) is 0 Å². The molecule has 1 N–H and O–H groups in total. The van der Waals surface area contributed by atoms with Gasteiger partial charge in [0.25, 0.3) is 0 Å². The summed E-state index contributed by atoms with van der Waals surface area (Å²) in [6, 6.07) is 11.1. The molecule has 0 saturated heterocycles. The highest BCUT2D eigenvalue weighted by atomic mass is 35.5. The Morgan fingerprint density at radius 2 is 1.70 bits per heavy atom. The third kappa shape index (κ3) is 5.97. The van der Waals surface area contributed by atoms with Crippen LogP contribution in [0.25, 0.3) is 0 Å². The lowest BCUT2D eigenvalue weighted by Crippen LogP contribution is -2.30. The second-order valence-corrected chi connectivity index (χ2v) is 7.58. The highest BCUT2D eigenvalue weighted by Crippen LogP contribution is 2.29. The van der Waals surface area contributed by atoms with Crippen LogP contribution in [0.15, 0.2) is 36.4 Å². The Kier molecular flexibility index (Phi) is 8.13. The molecule has 2 aromatic rings. The lowest BCUT2D eigenvalue weighted by atomic mass is 10.2. The van der Waals surface area contributed by atoms with Gasteiger partial charge in [0.15, 0.2) is 11.5 Å². The third-order valence-electron chi connectivity index (χ3n) is 4.02. The fraction of sp³-hybridized carbons (Fsp3) is 0.350. The molecule has 1 atom stereocenters. The molecule has 0 aromatic heterocycles. The van der Waals surface area contributed by atoms with Gasteiger partial charge in [-0.3, -0.25) is 4.79 Å². The Hall–Kier alpha value is -2.05. The SMILES string of the molecule is COc1ccc(Cl)cc1CSC(C)C(=O)NCc1ccc(OC)c(OC)c1. The van der Waals surface area contributed by atoms with Crippen LogP contribution in [0.2, 0.25) is 5.02 Å². The van der Waals surface area contributed by atoms with Crippen molar-refractivity contribution in [2.75, 3.05) is 21.3 Å². The molecule has 0 radical (unpaired) electrons. The van der Waals surface area contributed by atoms with Gasteiger partial charge in [-0.15, -0.1) is 11.8 Å². The van der Waals surface area contributed by atoms with Crippen LogP contribution in [0.1, 0.15) is 18.1 Å². The summed E-state index contributed by atoms with van der Waals surface area (Å²) in [5, 5.41) is 3.39. The van der Waals surface area contributed by atoms with Crippen molar-refractivity contribution >= 4 is 29.3 Å². The minimum absolute atomic E-state index is 0.0317. The smallest absolute Gasteiger partial charge is 0.233 e. The number of nitrogens with one attached hydrogen (secondary N) is 1. The second kappa shape index (κ2) is 10.3. The van der Waals surface area contributed by atoms with Gasteiger partial charge >= 0.3 is 0 Å². The normalized spacial score (nSPS) is 11.6. The molecule has 0 aliphatic heterocycles. The van der Waals surface area contributed by atoms with E-state index in [0.29, 0.717) is 28.8 Å². The van der Waals surface area contributed by atoms with Crippen LogP contribution in [0.4, 0.5) is 0 Å². The van der Waals surface area contributed by atoms with Crippen molar-refractivity contribution in [3.05, 3.63) is 52.5 Å². The summed E-state index contributed by atoms with van der Waals surface area (Å²) < 4.78 is 15.9. The Balaban J connectivity index is 1.90. The fourth-order valence-corrected chi connectivity index (χ4v) is 3.56. The third-order valence-corrected chi connectivity index (χ3v) is 5.44. The maximum absolute atomic E-state index is 12.4. The lowest BCUT2D eigenvalue weighted by Gasteiger charge is -2.14. The van der Waals surface area contributed by atoms with E-state index in [2.05, 4.69) is 5.32 Å². The number of benzene rings is 2. The number of carbonyl (C=O) groups excluding carboxylic acids is 1. The number of halogens is 1. The molecular weight excluding hydrogens is 386 g/mol. The summed E-state index contributed by atoms with van der Waals surface area (Å²) >= 11 is 7.58. The van der Waals surface area contributed by atoms with Crippen LogP contribution in [-0.4, -0.2) is 32.5 Å². The van der Waals surface area contributed by atoms with Crippen molar-refractivity contribution in [2.24, 2.45) is 0 Å². The van der Waals surface area contributed by atoms with Crippen molar-refractivity contribution in [1.29, 1.82) is 0 Å². The van der Waals surface area contributed by atoms with E-state index in [0.717, 1.165) is 16.9 Å². The number of methoxy groups -OCH3 is 3. The van der Waals surface area contributed by atoms with Crippen molar-refractivity contribution < 1.29 is 19.0 Å². The van der Waals surface area contributed by atoms with Crippen LogP contribution >= 0.6 is 23.4 Å². The summed E-state index contributed by atoms with van der Waals surface area (Å²) in [6.07, 6.45) is 0. The van der Waals surface area contributed by atoms with E-state index in [-0.39, 0.29) is 11.2 Å². The first-order valence-electron chi connectivity index (χ1n) is 8.41. The van der Waals surface area contributed by atoms with Gasteiger partial charge in [0.1, 0.15) is 5.75 Å². The number of hydrogen-bond acceptors (Lipinski definition) is 5. The average Bonchev–Trinajstić information content (AvgIpc) is 2.69. The van der Waals surface area contributed by atoms with Gasteiger partial charge in [-0.25, -0.2) is 0 Å². The molecule has 2 rings (SSSR count). The largest absolute Gasteiger partial charge is 0.496 e. The topological polar surface area (TPSA) is 56.8 Å². The zero-order valence-corrected chi connectivity index (χ0v) is 17.4.